The molecule has 0 saturated carbocycles. The Morgan fingerprint density at radius 1 is 1.09 bits per heavy atom. The maximum absolute atomic E-state index is 5.52. The van der Waals surface area contributed by atoms with E-state index in [1.54, 1.807) is 13.2 Å². The lowest BCUT2D eigenvalue weighted by atomic mass is 10.2. The maximum Gasteiger partial charge on any atom is 0.218 e. The monoisotopic (exact) mass is 298 g/mol. The van der Waals surface area contributed by atoms with E-state index in [2.05, 4.69) is 32.7 Å². The summed E-state index contributed by atoms with van der Waals surface area (Å²) >= 11 is 0. The molecule has 0 unspecified atom stereocenters. The molecule has 2 aromatic rings. The highest BCUT2D eigenvalue weighted by molar-refractivity contribution is 5.79. The first-order valence-corrected chi connectivity index (χ1v) is 7.38. The molecule has 5 nitrogen and oxygen atoms in total. The van der Waals surface area contributed by atoms with Gasteiger partial charge < -0.3 is 15.4 Å². The van der Waals surface area contributed by atoms with Crippen LogP contribution in [0.4, 0.5) is 0 Å². The summed E-state index contributed by atoms with van der Waals surface area (Å²) in [4.78, 5) is 8.47. The Kier molecular flexibility index (Phi) is 6.23. The zero-order valence-electron chi connectivity index (χ0n) is 13.0. The van der Waals surface area contributed by atoms with E-state index in [-0.39, 0.29) is 0 Å². The molecule has 0 atom stereocenters. The van der Waals surface area contributed by atoms with Crippen LogP contribution in [0.25, 0.3) is 0 Å². The predicted molar refractivity (Wildman–Crippen MR) is 88.9 cm³/mol. The Morgan fingerprint density at radius 3 is 2.59 bits per heavy atom. The molecule has 22 heavy (non-hydrogen) atoms. The number of ether oxygens (including phenoxy) is 1. The second-order valence-electron chi connectivity index (χ2n) is 4.67. The summed E-state index contributed by atoms with van der Waals surface area (Å²) in [5.74, 6) is 1.41. The molecule has 0 aliphatic rings. The summed E-state index contributed by atoms with van der Waals surface area (Å²) in [5, 5.41) is 6.56. The first-order chi connectivity index (χ1) is 10.8. The molecule has 1 heterocycles. The van der Waals surface area contributed by atoms with E-state index in [1.165, 1.54) is 5.56 Å². The lowest BCUT2D eigenvalue weighted by Crippen LogP contribution is -2.36. The molecule has 1 aromatic heterocycles. The molecule has 0 spiro atoms. The molecule has 0 bridgehead atoms. The van der Waals surface area contributed by atoms with Crippen LogP contribution in [0, 0.1) is 0 Å². The molecule has 116 valence electrons. The molecule has 0 saturated heterocycles. The van der Waals surface area contributed by atoms with Gasteiger partial charge in [0.05, 0.1) is 6.61 Å². The summed E-state index contributed by atoms with van der Waals surface area (Å²) in [6.07, 6.45) is 1.73. The van der Waals surface area contributed by atoms with Gasteiger partial charge in [0.2, 0.25) is 5.88 Å². The van der Waals surface area contributed by atoms with Gasteiger partial charge in [0, 0.05) is 31.9 Å². The summed E-state index contributed by atoms with van der Waals surface area (Å²) in [5.41, 5.74) is 2.22. The Labute approximate surface area is 131 Å². The molecule has 2 N–H and O–H groups in total. The molecule has 0 fully saturated rings. The summed E-state index contributed by atoms with van der Waals surface area (Å²) in [7, 11) is 1.76. The number of benzene rings is 1. The summed E-state index contributed by atoms with van der Waals surface area (Å²) in [6.45, 7) is 3.89. The van der Waals surface area contributed by atoms with E-state index in [4.69, 9.17) is 4.74 Å². The van der Waals surface area contributed by atoms with Gasteiger partial charge in [-0.15, -0.1) is 0 Å². The van der Waals surface area contributed by atoms with Crippen molar-refractivity contribution in [1.82, 2.24) is 15.6 Å². The molecule has 0 amide bonds. The summed E-state index contributed by atoms with van der Waals surface area (Å²) < 4.78 is 5.52. The van der Waals surface area contributed by atoms with Gasteiger partial charge in [0.25, 0.3) is 0 Å². The van der Waals surface area contributed by atoms with Crippen LogP contribution in [0.15, 0.2) is 53.7 Å². The van der Waals surface area contributed by atoms with Crippen molar-refractivity contribution in [1.29, 1.82) is 0 Å². The topological polar surface area (TPSA) is 58.5 Å². The predicted octanol–water partition coefficient (Wildman–Crippen LogP) is 2.35. The van der Waals surface area contributed by atoms with E-state index in [1.807, 2.05) is 37.3 Å². The number of pyridine rings is 1. The van der Waals surface area contributed by atoms with Crippen LogP contribution >= 0.6 is 0 Å². The third-order valence-corrected chi connectivity index (χ3v) is 3.10. The molecular formula is C17H22N4O. The van der Waals surface area contributed by atoms with Gasteiger partial charge in [-0.1, -0.05) is 36.4 Å². The van der Waals surface area contributed by atoms with Crippen LogP contribution in [0.5, 0.6) is 5.88 Å². The maximum atomic E-state index is 5.52. The average Bonchev–Trinajstić information content (AvgIpc) is 2.57. The third-order valence-electron chi connectivity index (χ3n) is 3.10. The minimum Gasteiger partial charge on any atom is -0.478 e. The smallest absolute Gasteiger partial charge is 0.218 e. The van der Waals surface area contributed by atoms with Crippen LogP contribution in [0.3, 0.4) is 0 Å². The minimum atomic E-state index is 0.602. The fourth-order valence-corrected chi connectivity index (χ4v) is 2.01. The van der Waals surface area contributed by atoms with Crippen molar-refractivity contribution in [3.8, 4) is 5.88 Å². The number of hydrogen-bond donors (Lipinski definition) is 2. The van der Waals surface area contributed by atoms with Crippen molar-refractivity contribution >= 4 is 5.96 Å². The standard InChI is InChI=1S/C17H22N4O/c1-3-22-16-15(10-7-11-19-16)13-21-17(18-2)20-12-14-8-5-4-6-9-14/h4-11H,3,12-13H2,1-2H3,(H2,18,20,21). The van der Waals surface area contributed by atoms with Gasteiger partial charge in [-0.2, -0.15) is 0 Å². The van der Waals surface area contributed by atoms with Gasteiger partial charge in [0.15, 0.2) is 5.96 Å². The Hall–Kier alpha value is -2.56. The van der Waals surface area contributed by atoms with Crippen molar-refractivity contribution in [2.24, 2.45) is 4.99 Å². The van der Waals surface area contributed by atoms with E-state index in [0.29, 0.717) is 19.0 Å². The van der Waals surface area contributed by atoms with E-state index in [0.717, 1.165) is 18.1 Å². The Morgan fingerprint density at radius 2 is 1.86 bits per heavy atom. The number of aliphatic imine (C=N–C) groups is 1. The van der Waals surface area contributed by atoms with E-state index in [9.17, 15) is 0 Å². The first-order valence-electron chi connectivity index (χ1n) is 7.38. The van der Waals surface area contributed by atoms with Crippen LogP contribution in [-0.4, -0.2) is 24.6 Å². The van der Waals surface area contributed by atoms with Gasteiger partial charge >= 0.3 is 0 Å². The van der Waals surface area contributed by atoms with Crippen molar-refractivity contribution < 1.29 is 4.74 Å². The number of nitrogens with zero attached hydrogens (tertiary/aromatic N) is 2. The molecular weight excluding hydrogens is 276 g/mol. The fraction of sp³-hybridized carbons (Fsp3) is 0.294. The second kappa shape index (κ2) is 8.67. The zero-order valence-corrected chi connectivity index (χ0v) is 13.0. The average molecular weight is 298 g/mol. The highest BCUT2D eigenvalue weighted by atomic mass is 16.5. The van der Waals surface area contributed by atoms with E-state index < -0.39 is 0 Å². The summed E-state index contributed by atoms with van der Waals surface area (Å²) in [6, 6.07) is 14.1. The number of rotatable bonds is 6. The van der Waals surface area contributed by atoms with Crippen molar-refractivity contribution in [2.75, 3.05) is 13.7 Å². The third kappa shape index (κ3) is 4.77. The quantitative estimate of drug-likeness (QED) is 0.635. The number of nitrogens with one attached hydrogen (secondary N) is 2. The number of hydrogen-bond acceptors (Lipinski definition) is 3. The molecule has 0 aliphatic carbocycles. The largest absolute Gasteiger partial charge is 0.478 e. The zero-order chi connectivity index (χ0) is 15.6. The van der Waals surface area contributed by atoms with Crippen LogP contribution in [0.1, 0.15) is 18.1 Å². The van der Waals surface area contributed by atoms with Crippen molar-refractivity contribution in [3.63, 3.8) is 0 Å². The lowest BCUT2D eigenvalue weighted by molar-refractivity contribution is 0.322. The van der Waals surface area contributed by atoms with Crippen LogP contribution < -0.4 is 15.4 Å². The fourth-order valence-electron chi connectivity index (χ4n) is 2.01. The molecule has 0 radical (unpaired) electrons. The van der Waals surface area contributed by atoms with Crippen LogP contribution in [0.2, 0.25) is 0 Å². The molecule has 2 rings (SSSR count). The molecule has 1 aromatic carbocycles. The highest BCUT2D eigenvalue weighted by Crippen LogP contribution is 2.13. The normalized spacial score (nSPS) is 11.1. The van der Waals surface area contributed by atoms with Gasteiger partial charge in [-0.3, -0.25) is 4.99 Å². The second-order valence-corrected chi connectivity index (χ2v) is 4.67. The van der Waals surface area contributed by atoms with Gasteiger partial charge in [-0.05, 0) is 18.6 Å². The minimum absolute atomic E-state index is 0.602. The SMILES string of the molecule is CCOc1ncccc1CNC(=NC)NCc1ccccc1. The molecule has 0 aliphatic heterocycles. The Bertz CT molecular complexity index is 599. The van der Waals surface area contributed by atoms with Crippen molar-refractivity contribution in [2.45, 2.75) is 20.0 Å². The van der Waals surface area contributed by atoms with Gasteiger partial charge in [0.1, 0.15) is 0 Å². The van der Waals surface area contributed by atoms with Crippen LogP contribution in [-0.2, 0) is 13.1 Å². The highest BCUT2D eigenvalue weighted by Gasteiger charge is 2.05. The molecule has 5 heteroatoms. The van der Waals surface area contributed by atoms with Gasteiger partial charge in [-0.25, -0.2) is 4.98 Å². The first kappa shape index (κ1) is 15.8. The number of aromatic nitrogens is 1. The van der Waals surface area contributed by atoms with Crippen molar-refractivity contribution in [3.05, 3.63) is 59.8 Å². The lowest BCUT2D eigenvalue weighted by Gasteiger charge is -2.13. The van der Waals surface area contributed by atoms with E-state index >= 15 is 0 Å². The Balaban J connectivity index is 1.89. The number of guanidine groups is 1.